The molecule has 0 saturated carbocycles. The molecular formula is C29H44N4O5. The summed E-state index contributed by atoms with van der Waals surface area (Å²) in [6, 6.07) is 4.32. The van der Waals surface area contributed by atoms with E-state index in [-0.39, 0.29) is 18.5 Å². The van der Waals surface area contributed by atoms with Crippen molar-refractivity contribution in [3.63, 3.8) is 0 Å². The molecule has 0 fully saturated rings. The van der Waals surface area contributed by atoms with E-state index in [2.05, 4.69) is 23.5 Å². The third-order valence-corrected chi connectivity index (χ3v) is 5.56. The summed E-state index contributed by atoms with van der Waals surface area (Å²) in [5.74, 6) is 0.787. The first kappa shape index (κ1) is 32.5. The van der Waals surface area contributed by atoms with E-state index in [0.29, 0.717) is 17.5 Å². The van der Waals surface area contributed by atoms with Crippen LogP contribution in [0, 0.1) is 12.3 Å². The molecule has 0 radical (unpaired) electrons. The zero-order chi connectivity index (χ0) is 28.9. The Labute approximate surface area is 227 Å². The van der Waals surface area contributed by atoms with Crippen molar-refractivity contribution >= 4 is 23.8 Å². The number of rotatable bonds is 14. The monoisotopic (exact) mass is 528 g/mol. The molecule has 38 heavy (non-hydrogen) atoms. The van der Waals surface area contributed by atoms with Gasteiger partial charge in [0, 0.05) is 18.2 Å². The summed E-state index contributed by atoms with van der Waals surface area (Å²) in [6.07, 6.45) is 8.79. The largest absolute Gasteiger partial charge is 0.444 e. The van der Waals surface area contributed by atoms with E-state index < -0.39 is 42.0 Å². The number of carbonyl (C=O) groups is 4. The molecule has 0 heterocycles. The molecule has 0 saturated heterocycles. The van der Waals surface area contributed by atoms with Crippen molar-refractivity contribution in [3.8, 4) is 12.3 Å². The Morgan fingerprint density at radius 1 is 1.03 bits per heavy atom. The number of nitrogens with zero attached hydrogens (tertiary/aromatic N) is 1. The lowest BCUT2D eigenvalue weighted by Gasteiger charge is -2.34. The Balaban J connectivity index is 3.49. The predicted octanol–water partition coefficient (Wildman–Crippen LogP) is 3.80. The Bertz CT molecular complexity index is 976. The lowest BCUT2D eigenvalue weighted by atomic mass is 9.99. The first-order valence-corrected chi connectivity index (χ1v) is 13.2. The van der Waals surface area contributed by atoms with Crippen molar-refractivity contribution < 1.29 is 23.9 Å². The molecular weight excluding hydrogens is 484 g/mol. The Kier molecular flexibility index (Phi) is 13.4. The van der Waals surface area contributed by atoms with Gasteiger partial charge in [-0.1, -0.05) is 50.7 Å². The van der Waals surface area contributed by atoms with Crippen LogP contribution in [-0.4, -0.2) is 52.9 Å². The van der Waals surface area contributed by atoms with Crippen molar-refractivity contribution in [1.82, 2.24) is 15.5 Å². The van der Waals surface area contributed by atoms with E-state index in [1.54, 1.807) is 45.0 Å². The number of nitrogens with one attached hydrogen (secondary N) is 2. The highest BCUT2D eigenvalue weighted by Crippen LogP contribution is 2.25. The molecule has 9 heteroatoms. The van der Waals surface area contributed by atoms with Crippen LogP contribution < -0.4 is 16.4 Å². The summed E-state index contributed by atoms with van der Waals surface area (Å²) in [4.78, 5) is 53.3. The number of primary amides is 1. The van der Waals surface area contributed by atoms with Gasteiger partial charge in [0.25, 0.3) is 0 Å². The summed E-state index contributed by atoms with van der Waals surface area (Å²) in [5, 5.41) is 5.38. The number of hydrogen-bond acceptors (Lipinski definition) is 5. The number of carbonyl (C=O) groups excluding carboxylic acids is 4. The van der Waals surface area contributed by atoms with Crippen LogP contribution >= 0.6 is 0 Å². The zero-order valence-corrected chi connectivity index (χ0v) is 23.6. The number of amides is 4. The fraction of sp³-hybridized carbons (Fsp3) is 0.586. The Morgan fingerprint density at radius 3 is 2.13 bits per heavy atom. The number of alkyl carbamates (subject to hydrolysis) is 1. The second kappa shape index (κ2) is 15.7. The zero-order valence-electron chi connectivity index (χ0n) is 23.6. The van der Waals surface area contributed by atoms with Crippen molar-refractivity contribution in [2.24, 2.45) is 5.73 Å². The highest BCUT2D eigenvalue weighted by Gasteiger charge is 2.37. The second-order valence-electron chi connectivity index (χ2n) is 10.6. The summed E-state index contributed by atoms with van der Waals surface area (Å²) in [6.45, 7) is 11.1. The first-order valence-electron chi connectivity index (χ1n) is 13.2. The SMILES string of the molecule is C#Cc1ccc(C(C(=O)NC(C)C)N(CCCCCCC)C(=O)C(CC(N)=O)NC(=O)OC(C)(C)C)cc1. The van der Waals surface area contributed by atoms with Crippen LogP contribution in [0.25, 0.3) is 0 Å². The number of terminal acetylenes is 1. The molecule has 4 amide bonds. The van der Waals surface area contributed by atoms with Gasteiger partial charge in [-0.3, -0.25) is 14.4 Å². The smallest absolute Gasteiger partial charge is 0.408 e. The normalized spacial score (nSPS) is 12.7. The number of hydrogen-bond donors (Lipinski definition) is 3. The van der Waals surface area contributed by atoms with E-state index in [9.17, 15) is 19.2 Å². The first-order chi connectivity index (χ1) is 17.8. The van der Waals surface area contributed by atoms with Crippen molar-refractivity contribution in [2.75, 3.05) is 6.54 Å². The van der Waals surface area contributed by atoms with Gasteiger partial charge in [-0.25, -0.2) is 4.79 Å². The van der Waals surface area contributed by atoms with Gasteiger partial charge in [0.2, 0.25) is 17.7 Å². The molecule has 0 aromatic heterocycles. The second-order valence-corrected chi connectivity index (χ2v) is 10.6. The topological polar surface area (TPSA) is 131 Å². The standard InChI is InChI=1S/C29H44N4O5/c1-8-10-11-12-13-18-33(27(36)23(19-24(30)34)32-28(37)38-29(5,6)7)25(26(35)31-20(3)4)22-16-14-21(9-2)15-17-22/h2,14-17,20,23,25H,8,10-13,18-19H2,1,3-7H3,(H2,30,34)(H,31,35)(H,32,37). The average molecular weight is 529 g/mol. The molecule has 0 spiro atoms. The van der Waals surface area contributed by atoms with Crippen LogP contribution in [0.15, 0.2) is 24.3 Å². The minimum absolute atomic E-state index is 0.183. The summed E-state index contributed by atoms with van der Waals surface area (Å²) >= 11 is 0. The fourth-order valence-corrected chi connectivity index (χ4v) is 3.90. The summed E-state index contributed by atoms with van der Waals surface area (Å²) in [7, 11) is 0. The predicted molar refractivity (Wildman–Crippen MR) is 148 cm³/mol. The molecule has 1 rings (SSSR count). The molecule has 1 aromatic carbocycles. The van der Waals surface area contributed by atoms with Crippen LogP contribution in [0.4, 0.5) is 4.79 Å². The van der Waals surface area contributed by atoms with Gasteiger partial charge in [0.1, 0.15) is 17.7 Å². The van der Waals surface area contributed by atoms with Gasteiger partial charge in [-0.2, -0.15) is 0 Å². The maximum atomic E-state index is 14.0. The molecule has 0 aliphatic carbocycles. The van der Waals surface area contributed by atoms with Crippen LogP contribution in [0.3, 0.4) is 0 Å². The summed E-state index contributed by atoms with van der Waals surface area (Å²) < 4.78 is 5.30. The minimum Gasteiger partial charge on any atom is -0.444 e. The van der Waals surface area contributed by atoms with Gasteiger partial charge in [0.15, 0.2) is 0 Å². The maximum Gasteiger partial charge on any atom is 0.408 e. The van der Waals surface area contributed by atoms with Crippen LogP contribution in [0.5, 0.6) is 0 Å². The average Bonchev–Trinajstić information content (AvgIpc) is 2.80. The van der Waals surface area contributed by atoms with E-state index in [1.807, 2.05) is 13.8 Å². The number of benzene rings is 1. The summed E-state index contributed by atoms with van der Waals surface area (Å²) in [5.41, 5.74) is 5.80. The third kappa shape index (κ3) is 11.7. The van der Waals surface area contributed by atoms with Crippen LogP contribution in [0.1, 0.15) is 97.2 Å². The van der Waals surface area contributed by atoms with Crippen molar-refractivity contribution in [3.05, 3.63) is 35.4 Å². The quantitative estimate of drug-likeness (QED) is 0.250. The number of ether oxygens (including phenoxy) is 1. The van der Waals surface area contributed by atoms with E-state index in [1.165, 1.54) is 4.90 Å². The maximum absolute atomic E-state index is 14.0. The molecule has 210 valence electrons. The Morgan fingerprint density at radius 2 is 1.63 bits per heavy atom. The molecule has 0 aliphatic heterocycles. The number of nitrogens with two attached hydrogens (primary N) is 1. The van der Waals surface area contributed by atoms with Gasteiger partial charge >= 0.3 is 6.09 Å². The molecule has 0 bridgehead atoms. The lowest BCUT2D eigenvalue weighted by molar-refractivity contribution is -0.143. The molecule has 0 aliphatic rings. The fourth-order valence-electron chi connectivity index (χ4n) is 3.90. The van der Waals surface area contributed by atoms with Crippen LogP contribution in [-0.2, 0) is 19.1 Å². The molecule has 2 atom stereocenters. The Hall–Kier alpha value is -3.54. The van der Waals surface area contributed by atoms with Crippen molar-refractivity contribution in [2.45, 2.75) is 104 Å². The van der Waals surface area contributed by atoms with E-state index in [4.69, 9.17) is 16.9 Å². The molecule has 1 aromatic rings. The lowest BCUT2D eigenvalue weighted by Crippen LogP contribution is -2.54. The van der Waals surface area contributed by atoms with Gasteiger partial charge < -0.3 is 26.0 Å². The van der Waals surface area contributed by atoms with Gasteiger partial charge in [-0.05, 0) is 58.7 Å². The molecule has 2 unspecified atom stereocenters. The van der Waals surface area contributed by atoms with E-state index in [0.717, 1.165) is 25.7 Å². The minimum atomic E-state index is -1.31. The van der Waals surface area contributed by atoms with Crippen molar-refractivity contribution in [1.29, 1.82) is 0 Å². The van der Waals surface area contributed by atoms with Gasteiger partial charge in [-0.15, -0.1) is 6.42 Å². The van der Waals surface area contributed by atoms with Gasteiger partial charge in [0.05, 0.1) is 6.42 Å². The number of unbranched alkanes of at least 4 members (excludes halogenated alkanes) is 4. The molecule has 9 nitrogen and oxygen atoms in total. The highest BCUT2D eigenvalue weighted by molar-refractivity contribution is 5.94. The molecule has 4 N–H and O–H groups in total. The van der Waals surface area contributed by atoms with E-state index >= 15 is 0 Å². The third-order valence-electron chi connectivity index (χ3n) is 5.56. The van der Waals surface area contributed by atoms with Crippen LogP contribution in [0.2, 0.25) is 0 Å². The highest BCUT2D eigenvalue weighted by atomic mass is 16.6.